The lowest BCUT2D eigenvalue weighted by Crippen LogP contribution is -2.20. The van der Waals surface area contributed by atoms with Crippen LogP contribution in [0.1, 0.15) is 63.5 Å². The molecule has 0 spiro atoms. The Morgan fingerprint density at radius 3 is 2.60 bits per heavy atom. The van der Waals surface area contributed by atoms with Crippen LogP contribution in [-0.2, 0) is 24.1 Å². The van der Waals surface area contributed by atoms with Gasteiger partial charge in [0.25, 0.3) is 0 Å². The number of hydrogen-bond acceptors (Lipinski definition) is 3. The lowest BCUT2D eigenvalue weighted by Gasteiger charge is -2.16. The second kappa shape index (κ2) is 6.72. The van der Waals surface area contributed by atoms with Gasteiger partial charge in [-0.2, -0.15) is 5.10 Å². The van der Waals surface area contributed by atoms with Crippen LogP contribution in [0.5, 0.6) is 0 Å². The van der Waals surface area contributed by atoms with Crippen molar-refractivity contribution in [2.24, 2.45) is 0 Å². The van der Waals surface area contributed by atoms with Crippen LogP contribution in [0.2, 0.25) is 0 Å². The minimum Gasteiger partial charge on any atom is -0.373 e. The van der Waals surface area contributed by atoms with Gasteiger partial charge in [0.1, 0.15) is 0 Å². The SMILES string of the molecule is CCc1nn(CC2CCC(C)O2)c(CC)c1C(C)NC. The predicted octanol–water partition coefficient (Wildman–Crippen LogP) is 2.86. The molecule has 0 radical (unpaired) electrons. The number of hydrogen-bond donors (Lipinski definition) is 1. The van der Waals surface area contributed by atoms with Crippen molar-refractivity contribution in [3.8, 4) is 0 Å². The van der Waals surface area contributed by atoms with Crippen molar-refractivity contribution in [1.29, 1.82) is 0 Å². The van der Waals surface area contributed by atoms with Gasteiger partial charge in [0.05, 0.1) is 24.4 Å². The van der Waals surface area contributed by atoms with E-state index in [9.17, 15) is 0 Å². The van der Waals surface area contributed by atoms with Crippen LogP contribution in [0.15, 0.2) is 0 Å². The summed E-state index contributed by atoms with van der Waals surface area (Å²) >= 11 is 0. The number of ether oxygens (including phenoxy) is 1. The number of nitrogens with one attached hydrogen (secondary N) is 1. The van der Waals surface area contributed by atoms with Crippen molar-refractivity contribution in [2.45, 2.75) is 78.2 Å². The summed E-state index contributed by atoms with van der Waals surface area (Å²) in [6.07, 6.45) is 5.08. The van der Waals surface area contributed by atoms with Gasteiger partial charge in [-0.3, -0.25) is 4.68 Å². The molecule has 3 atom stereocenters. The van der Waals surface area contributed by atoms with Crippen molar-refractivity contribution < 1.29 is 4.74 Å². The third-order valence-corrected chi connectivity index (χ3v) is 4.41. The molecule has 4 nitrogen and oxygen atoms in total. The van der Waals surface area contributed by atoms with E-state index in [0.29, 0.717) is 18.2 Å². The molecule has 2 heterocycles. The molecule has 2 rings (SSSR count). The van der Waals surface area contributed by atoms with E-state index in [2.05, 4.69) is 37.7 Å². The van der Waals surface area contributed by atoms with Crippen molar-refractivity contribution in [3.63, 3.8) is 0 Å². The third kappa shape index (κ3) is 3.07. The van der Waals surface area contributed by atoms with Crippen LogP contribution in [0.3, 0.4) is 0 Å². The third-order valence-electron chi connectivity index (χ3n) is 4.41. The normalized spacial score (nSPS) is 24.2. The highest BCUT2D eigenvalue weighted by molar-refractivity contribution is 5.30. The van der Waals surface area contributed by atoms with E-state index in [0.717, 1.165) is 25.8 Å². The molecule has 114 valence electrons. The van der Waals surface area contributed by atoms with Gasteiger partial charge in [0.2, 0.25) is 0 Å². The Kier molecular flexibility index (Phi) is 5.22. The molecular weight excluding hydrogens is 250 g/mol. The summed E-state index contributed by atoms with van der Waals surface area (Å²) in [7, 11) is 2.02. The molecule has 1 aliphatic heterocycles. The van der Waals surface area contributed by atoms with Gasteiger partial charge in [0.15, 0.2) is 0 Å². The molecule has 4 heteroatoms. The predicted molar refractivity (Wildman–Crippen MR) is 82.0 cm³/mol. The Morgan fingerprint density at radius 1 is 1.35 bits per heavy atom. The van der Waals surface area contributed by atoms with Gasteiger partial charge in [-0.25, -0.2) is 0 Å². The molecule has 1 saturated heterocycles. The minimum absolute atomic E-state index is 0.331. The number of rotatable bonds is 6. The molecule has 1 fully saturated rings. The summed E-state index contributed by atoms with van der Waals surface area (Å²) in [6.45, 7) is 9.68. The summed E-state index contributed by atoms with van der Waals surface area (Å²) in [5.41, 5.74) is 3.99. The molecule has 1 aromatic heterocycles. The first-order chi connectivity index (χ1) is 9.60. The first-order valence-corrected chi connectivity index (χ1v) is 8.01. The molecule has 0 aliphatic carbocycles. The minimum atomic E-state index is 0.331. The number of aromatic nitrogens is 2. The Bertz CT molecular complexity index is 441. The maximum atomic E-state index is 5.96. The van der Waals surface area contributed by atoms with Gasteiger partial charge in [-0.05, 0) is 46.6 Å². The molecule has 0 amide bonds. The topological polar surface area (TPSA) is 39.1 Å². The smallest absolute Gasteiger partial charge is 0.0775 e. The molecule has 1 N–H and O–H groups in total. The van der Waals surface area contributed by atoms with Crippen molar-refractivity contribution in [2.75, 3.05) is 7.05 Å². The Balaban J connectivity index is 2.26. The van der Waals surface area contributed by atoms with Crippen molar-refractivity contribution in [3.05, 3.63) is 17.0 Å². The van der Waals surface area contributed by atoms with Crippen molar-refractivity contribution in [1.82, 2.24) is 15.1 Å². The fourth-order valence-corrected chi connectivity index (χ4v) is 3.21. The Labute approximate surface area is 122 Å². The first kappa shape index (κ1) is 15.5. The van der Waals surface area contributed by atoms with E-state index in [4.69, 9.17) is 9.84 Å². The largest absolute Gasteiger partial charge is 0.373 e. The number of nitrogens with zero attached hydrogens (tertiary/aromatic N) is 2. The monoisotopic (exact) mass is 279 g/mol. The van der Waals surface area contributed by atoms with E-state index >= 15 is 0 Å². The average molecular weight is 279 g/mol. The Hall–Kier alpha value is -0.870. The maximum absolute atomic E-state index is 5.96. The fraction of sp³-hybridized carbons (Fsp3) is 0.812. The highest BCUT2D eigenvalue weighted by Gasteiger charge is 2.25. The highest BCUT2D eigenvalue weighted by Crippen LogP contribution is 2.26. The summed E-state index contributed by atoms with van der Waals surface area (Å²) in [5, 5.41) is 8.21. The molecule has 3 unspecified atom stereocenters. The molecule has 0 saturated carbocycles. The van der Waals surface area contributed by atoms with Crippen LogP contribution in [0, 0.1) is 0 Å². The van der Waals surface area contributed by atoms with Crippen LogP contribution >= 0.6 is 0 Å². The highest BCUT2D eigenvalue weighted by atomic mass is 16.5. The van der Waals surface area contributed by atoms with Gasteiger partial charge in [-0.1, -0.05) is 13.8 Å². The molecule has 1 aromatic rings. The summed E-state index contributed by atoms with van der Waals surface area (Å²) in [4.78, 5) is 0. The van der Waals surface area contributed by atoms with E-state index < -0.39 is 0 Å². The molecule has 1 aliphatic rings. The van der Waals surface area contributed by atoms with Gasteiger partial charge < -0.3 is 10.1 Å². The standard InChI is InChI=1S/C16H29N3O/c1-6-14-16(12(4)17-5)15(7-2)19(18-14)10-13-9-8-11(3)20-13/h11-13,17H,6-10H2,1-5H3. The number of aryl methyl sites for hydroxylation is 1. The van der Waals surface area contributed by atoms with Crippen LogP contribution in [0.4, 0.5) is 0 Å². The van der Waals surface area contributed by atoms with Crippen LogP contribution < -0.4 is 5.32 Å². The molecule has 0 aromatic carbocycles. The van der Waals surface area contributed by atoms with Crippen molar-refractivity contribution >= 4 is 0 Å². The summed E-state index contributed by atoms with van der Waals surface area (Å²) < 4.78 is 8.16. The summed E-state index contributed by atoms with van der Waals surface area (Å²) in [5.74, 6) is 0. The zero-order valence-corrected chi connectivity index (χ0v) is 13.6. The van der Waals surface area contributed by atoms with Crippen LogP contribution in [-0.4, -0.2) is 29.0 Å². The average Bonchev–Trinajstić information content (AvgIpc) is 3.01. The van der Waals surface area contributed by atoms with Crippen LogP contribution in [0.25, 0.3) is 0 Å². The van der Waals surface area contributed by atoms with Gasteiger partial charge in [-0.15, -0.1) is 0 Å². The van der Waals surface area contributed by atoms with E-state index in [1.165, 1.54) is 23.4 Å². The molecular formula is C16H29N3O. The van der Waals surface area contributed by atoms with E-state index in [-0.39, 0.29) is 0 Å². The van der Waals surface area contributed by atoms with E-state index in [1.807, 2.05) is 7.05 Å². The maximum Gasteiger partial charge on any atom is 0.0775 e. The zero-order valence-electron chi connectivity index (χ0n) is 13.6. The molecule has 0 bridgehead atoms. The van der Waals surface area contributed by atoms with E-state index in [1.54, 1.807) is 0 Å². The van der Waals surface area contributed by atoms with Gasteiger partial charge in [0, 0.05) is 17.3 Å². The lowest BCUT2D eigenvalue weighted by atomic mass is 10.0. The zero-order chi connectivity index (χ0) is 14.7. The lowest BCUT2D eigenvalue weighted by molar-refractivity contribution is 0.0431. The summed E-state index contributed by atoms with van der Waals surface area (Å²) in [6, 6.07) is 0.358. The molecule has 20 heavy (non-hydrogen) atoms. The second-order valence-electron chi connectivity index (χ2n) is 5.85. The second-order valence-corrected chi connectivity index (χ2v) is 5.85. The quantitative estimate of drug-likeness (QED) is 0.870. The first-order valence-electron chi connectivity index (χ1n) is 8.01. The van der Waals surface area contributed by atoms with Gasteiger partial charge >= 0.3 is 0 Å². The Morgan fingerprint density at radius 2 is 2.10 bits per heavy atom. The fourth-order valence-electron chi connectivity index (χ4n) is 3.21.